The maximum Gasteiger partial charge on any atom is 0.287 e. The highest BCUT2D eigenvalue weighted by Crippen LogP contribution is 2.47. The van der Waals surface area contributed by atoms with Crippen molar-refractivity contribution in [3.63, 3.8) is 0 Å². The number of hydrogen-bond acceptors (Lipinski definition) is 3. The lowest BCUT2D eigenvalue weighted by molar-refractivity contribution is -0.489. The van der Waals surface area contributed by atoms with Crippen LogP contribution in [0.2, 0.25) is 0 Å². The Bertz CT molecular complexity index is 179. The zero-order chi connectivity index (χ0) is 10.3. The van der Waals surface area contributed by atoms with Crippen LogP contribution in [0.5, 0.6) is 0 Å². The van der Waals surface area contributed by atoms with E-state index in [-0.39, 0.29) is 17.4 Å². The summed E-state index contributed by atoms with van der Waals surface area (Å²) in [5.41, 5.74) is 0.139. The maximum absolute atomic E-state index is 5.66. The first kappa shape index (κ1) is 11.0. The van der Waals surface area contributed by atoms with Crippen molar-refractivity contribution in [3.8, 4) is 0 Å². The van der Waals surface area contributed by atoms with E-state index in [2.05, 4.69) is 27.7 Å². The minimum Gasteiger partial charge on any atom is -0.331 e. The summed E-state index contributed by atoms with van der Waals surface area (Å²) < 4.78 is 16.1. The highest BCUT2D eigenvalue weighted by molar-refractivity contribution is 4.93. The van der Waals surface area contributed by atoms with Crippen LogP contribution >= 0.6 is 0 Å². The van der Waals surface area contributed by atoms with Crippen molar-refractivity contribution in [3.05, 3.63) is 0 Å². The van der Waals surface area contributed by atoms with E-state index < -0.39 is 5.97 Å². The van der Waals surface area contributed by atoms with Crippen LogP contribution in [-0.2, 0) is 14.2 Å². The van der Waals surface area contributed by atoms with Crippen LogP contribution in [0, 0.1) is 11.3 Å². The van der Waals surface area contributed by atoms with E-state index in [9.17, 15) is 0 Å². The molecule has 2 atom stereocenters. The summed E-state index contributed by atoms with van der Waals surface area (Å²) in [5.74, 6) is -0.541. The SMILES string of the molecule is COC1(OC)O[C@H](C(C)(C)C)[C@@H]1C. The van der Waals surface area contributed by atoms with Gasteiger partial charge in [0, 0.05) is 14.2 Å². The average Bonchev–Trinajstić information content (AvgIpc) is 2.02. The van der Waals surface area contributed by atoms with Crippen molar-refractivity contribution in [1.29, 1.82) is 0 Å². The van der Waals surface area contributed by atoms with Crippen LogP contribution in [0.25, 0.3) is 0 Å². The lowest BCUT2D eigenvalue weighted by Crippen LogP contribution is -2.64. The van der Waals surface area contributed by atoms with Crippen molar-refractivity contribution < 1.29 is 14.2 Å². The van der Waals surface area contributed by atoms with Gasteiger partial charge in [0.15, 0.2) is 0 Å². The quantitative estimate of drug-likeness (QED) is 0.620. The number of hydrogen-bond donors (Lipinski definition) is 0. The zero-order valence-electron chi connectivity index (χ0n) is 9.38. The first-order valence-electron chi connectivity index (χ1n) is 4.65. The van der Waals surface area contributed by atoms with E-state index in [1.165, 1.54) is 0 Å². The second-order valence-corrected chi connectivity index (χ2v) is 4.70. The summed E-state index contributed by atoms with van der Waals surface area (Å²) in [5, 5.41) is 0. The number of methoxy groups -OCH3 is 2. The van der Waals surface area contributed by atoms with E-state index in [4.69, 9.17) is 14.2 Å². The molecule has 0 saturated carbocycles. The molecule has 1 aliphatic heterocycles. The van der Waals surface area contributed by atoms with Gasteiger partial charge in [-0.3, -0.25) is 0 Å². The molecule has 0 aromatic carbocycles. The van der Waals surface area contributed by atoms with Crippen LogP contribution in [0.15, 0.2) is 0 Å². The molecular weight excluding hydrogens is 168 g/mol. The molecule has 0 bridgehead atoms. The van der Waals surface area contributed by atoms with Crippen molar-refractivity contribution in [2.75, 3.05) is 14.2 Å². The molecule has 3 nitrogen and oxygen atoms in total. The molecule has 0 aromatic rings. The molecule has 0 spiro atoms. The molecule has 1 saturated heterocycles. The lowest BCUT2D eigenvalue weighted by Gasteiger charge is -2.54. The van der Waals surface area contributed by atoms with E-state index in [0.29, 0.717) is 0 Å². The topological polar surface area (TPSA) is 27.7 Å². The first-order chi connectivity index (χ1) is 5.87. The molecule has 3 heteroatoms. The Hall–Kier alpha value is -0.120. The van der Waals surface area contributed by atoms with Gasteiger partial charge in [-0.1, -0.05) is 27.7 Å². The third-order valence-corrected chi connectivity index (χ3v) is 2.73. The lowest BCUT2D eigenvalue weighted by atomic mass is 9.77. The summed E-state index contributed by atoms with van der Waals surface area (Å²) in [6.07, 6.45) is 0.201. The van der Waals surface area contributed by atoms with Gasteiger partial charge in [-0.2, -0.15) is 0 Å². The predicted molar refractivity (Wildman–Crippen MR) is 50.2 cm³/mol. The second kappa shape index (κ2) is 3.23. The van der Waals surface area contributed by atoms with E-state index in [0.717, 1.165) is 0 Å². The summed E-state index contributed by atoms with van der Waals surface area (Å²) >= 11 is 0. The van der Waals surface area contributed by atoms with E-state index >= 15 is 0 Å². The Morgan fingerprint density at radius 1 is 1.15 bits per heavy atom. The van der Waals surface area contributed by atoms with Gasteiger partial charge in [0.2, 0.25) is 0 Å². The molecular formula is C10H20O3. The fourth-order valence-electron chi connectivity index (χ4n) is 1.98. The van der Waals surface area contributed by atoms with Gasteiger partial charge < -0.3 is 14.2 Å². The number of rotatable bonds is 2. The molecule has 1 heterocycles. The van der Waals surface area contributed by atoms with Crippen molar-refractivity contribution in [1.82, 2.24) is 0 Å². The fourth-order valence-corrected chi connectivity index (χ4v) is 1.98. The standard InChI is InChI=1S/C10H20O3/c1-7-8(9(2,3)4)13-10(7,11-5)12-6/h7-8H,1-6H3/t7-,8-/m0/s1. The van der Waals surface area contributed by atoms with Crippen molar-refractivity contribution in [2.24, 2.45) is 11.3 Å². The van der Waals surface area contributed by atoms with Crippen LogP contribution in [0.1, 0.15) is 27.7 Å². The third-order valence-electron chi connectivity index (χ3n) is 2.73. The molecule has 1 aliphatic rings. The van der Waals surface area contributed by atoms with Crippen molar-refractivity contribution in [2.45, 2.75) is 39.8 Å². The van der Waals surface area contributed by atoms with Gasteiger partial charge in [-0.25, -0.2) is 0 Å². The van der Waals surface area contributed by atoms with E-state index in [1.54, 1.807) is 14.2 Å². The minimum atomic E-state index is -0.808. The fraction of sp³-hybridized carbons (Fsp3) is 1.00. The Kier molecular flexibility index (Phi) is 2.72. The molecule has 0 amide bonds. The van der Waals surface area contributed by atoms with Gasteiger partial charge >= 0.3 is 0 Å². The smallest absolute Gasteiger partial charge is 0.287 e. The maximum atomic E-state index is 5.66. The second-order valence-electron chi connectivity index (χ2n) is 4.70. The summed E-state index contributed by atoms with van der Waals surface area (Å²) in [4.78, 5) is 0. The summed E-state index contributed by atoms with van der Waals surface area (Å²) in [6, 6.07) is 0. The van der Waals surface area contributed by atoms with Gasteiger partial charge in [-0.05, 0) is 5.41 Å². The Morgan fingerprint density at radius 2 is 1.62 bits per heavy atom. The Morgan fingerprint density at radius 3 is 1.85 bits per heavy atom. The molecule has 1 fully saturated rings. The molecule has 0 radical (unpaired) electrons. The van der Waals surface area contributed by atoms with Gasteiger partial charge in [-0.15, -0.1) is 0 Å². The average molecular weight is 188 g/mol. The minimum absolute atomic E-state index is 0.139. The van der Waals surface area contributed by atoms with Gasteiger partial charge in [0.1, 0.15) is 0 Å². The normalized spacial score (nSPS) is 32.8. The van der Waals surface area contributed by atoms with Gasteiger partial charge in [0.05, 0.1) is 12.0 Å². The largest absolute Gasteiger partial charge is 0.331 e. The summed E-state index contributed by atoms with van der Waals surface area (Å²) in [7, 11) is 3.22. The molecule has 78 valence electrons. The predicted octanol–water partition coefficient (Wildman–Crippen LogP) is 2.01. The van der Waals surface area contributed by atoms with Crippen LogP contribution in [0.3, 0.4) is 0 Å². The molecule has 0 aliphatic carbocycles. The van der Waals surface area contributed by atoms with Crippen LogP contribution in [0.4, 0.5) is 0 Å². The van der Waals surface area contributed by atoms with Crippen molar-refractivity contribution >= 4 is 0 Å². The zero-order valence-corrected chi connectivity index (χ0v) is 9.38. The highest BCUT2D eigenvalue weighted by Gasteiger charge is 2.58. The van der Waals surface area contributed by atoms with Gasteiger partial charge in [0.25, 0.3) is 5.97 Å². The number of ether oxygens (including phenoxy) is 3. The highest BCUT2D eigenvalue weighted by atomic mass is 16.9. The third kappa shape index (κ3) is 1.60. The summed E-state index contributed by atoms with van der Waals surface area (Å²) in [6.45, 7) is 8.56. The molecule has 13 heavy (non-hydrogen) atoms. The van der Waals surface area contributed by atoms with Crippen LogP contribution in [-0.4, -0.2) is 26.3 Å². The molecule has 0 N–H and O–H groups in total. The Labute approximate surface area is 80.4 Å². The first-order valence-corrected chi connectivity index (χ1v) is 4.65. The van der Waals surface area contributed by atoms with Crippen LogP contribution < -0.4 is 0 Å². The Balaban J connectivity index is 2.65. The molecule has 1 rings (SSSR count). The monoisotopic (exact) mass is 188 g/mol. The van der Waals surface area contributed by atoms with E-state index in [1.807, 2.05) is 0 Å². The molecule has 0 unspecified atom stereocenters. The molecule has 0 aromatic heterocycles.